The van der Waals surface area contributed by atoms with Crippen LogP contribution in [0.15, 0.2) is 11.4 Å². The van der Waals surface area contributed by atoms with Gasteiger partial charge in [0, 0.05) is 5.38 Å². The molecule has 1 fully saturated rings. The molecule has 0 aromatic carbocycles. The lowest BCUT2D eigenvalue weighted by Crippen LogP contribution is -2.35. The van der Waals surface area contributed by atoms with Crippen molar-refractivity contribution in [1.82, 2.24) is 4.37 Å². The van der Waals surface area contributed by atoms with E-state index >= 15 is 0 Å². The van der Waals surface area contributed by atoms with Gasteiger partial charge in [0.2, 0.25) is 0 Å². The third kappa shape index (κ3) is 1.71. The predicted molar refractivity (Wildman–Crippen MR) is 58.2 cm³/mol. The van der Waals surface area contributed by atoms with Gasteiger partial charge in [0.15, 0.2) is 0 Å². The van der Waals surface area contributed by atoms with Gasteiger partial charge < -0.3 is 5.11 Å². The molecule has 0 radical (unpaired) electrons. The van der Waals surface area contributed by atoms with Gasteiger partial charge in [0.25, 0.3) is 0 Å². The second-order valence-corrected chi connectivity index (χ2v) is 5.28. The number of rotatable bonds is 1. The maximum absolute atomic E-state index is 10.5. The minimum atomic E-state index is -0.647. The molecule has 2 nitrogen and oxygen atoms in total. The first-order chi connectivity index (χ1) is 6.62. The number of hydrogen-bond acceptors (Lipinski definition) is 3. The fraction of sp³-hybridized carbons (Fsp3) is 0.727. The van der Waals surface area contributed by atoms with E-state index in [1.54, 1.807) is 0 Å². The predicted octanol–water partition coefficient (Wildman–Crippen LogP) is 2.79. The number of aliphatic hydroxyl groups is 1. The number of nitrogens with zero attached hydrogens (tertiary/aromatic N) is 1. The SMILES string of the molecule is CC1CCC(O)(c2ccsn2)CC1C. The third-order valence-electron chi connectivity index (χ3n) is 3.56. The molecule has 2 rings (SSSR count). The van der Waals surface area contributed by atoms with E-state index in [0.717, 1.165) is 30.9 Å². The Morgan fingerprint density at radius 1 is 1.50 bits per heavy atom. The number of hydrogen-bond donors (Lipinski definition) is 1. The molecule has 0 amide bonds. The van der Waals surface area contributed by atoms with Crippen molar-refractivity contribution in [2.45, 2.75) is 38.7 Å². The lowest BCUT2D eigenvalue weighted by molar-refractivity contribution is -0.0363. The van der Waals surface area contributed by atoms with Crippen LogP contribution in [0, 0.1) is 11.8 Å². The maximum atomic E-state index is 10.5. The molecule has 1 aromatic rings. The van der Waals surface area contributed by atoms with Crippen LogP contribution in [0.4, 0.5) is 0 Å². The van der Waals surface area contributed by atoms with Crippen LogP contribution in [0.1, 0.15) is 38.8 Å². The molecule has 78 valence electrons. The van der Waals surface area contributed by atoms with Crippen LogP contribution < -0.4 is 0 Å². The largest absolute Gasteiger partial charge is 0.384 e. The van der Waals surface area contributed by atoms with Gasteiger partial charge in [-0.1, -0.05) is 13.8 Å². The van der Waals surface area contributed by atoms with E-state index in [1.165, 1.54) is 11.5 Å². The Morgan fingerprint density at radius 2 is 2.29 bits per heavy atom. The second kappa shape index (κ2) is 3.63. The average molecular weight is 211 g/mol. The summed E-state index contributed by atoms with van der Waals surface area (Å²) in [6, 6.07) is 1.95. The summed E-state index contributed by atoms with van der Waals surface area (Å²) in [6.07, 6.45) is 2.83. The molecule has 0 saturated heterocycles. The van der Waals surface area contributed by atoms with Crippen LogP contribution in [0.3, 0.4) is 0 Å². The molecule has 1 aliphatic carbocycles. The van der Waals surface area contributed by atoms with Gasteiger partial charge in [0.05, 0.1) is 5.69 Å². The van der Waals surface area contributed by atoms with Gasteiger partial charge in [0.1, 0.15) is 5.60 Å². The monoisotopic (exact) mass is 211 g/mol. The van der Waals surface area contributed by atoms with Crippen LogP contribution in [0.25, 0.3) is 0 Å². The molecular formula is C11H17NOS. The van der Waals surface area contributed by atoms with E-state index in [2.05, 4.69) is 18.2 Å². The molecule has 1 aromatic heterocycles. The van der Waals surface area contributed by atoms with Crippen LogP contribution in [-0.2, 0) is 5.60 Å². The van der Waals surface area contributed by atoms with Crippen molar-refractivity contribution >= 4 is 11.5 Å². The molecule has 3 atom stereocenters. The van der Waals surface area contributed by atoms with Gasteiger partial charge in [-0.25, -0.2) is 0 Å². The smallest absolute Gasteiger partial charge is 0.108 e. The van der Waals surface area contributed by atoms with E-state index in [-0.39, 0.29) is 0 Å². The van der Waals surface area contributed by atoms with Gasteiger partial charge in [-0.3, -0.25) is 0 Å². The minimum Gasteiger partial charge on any atom is -0.384 e. The second-order valence-electron chi connectivity index (χ2n) is 4.61. The summed E-state index contributed by atoms with van der Waals surface area (Å²) >= 11 is 1.42. The maximum Gasteiger partial charge on any atom is 0.108 e. The minimum absolute atomic E-state index is 0.593. The first-order valence-electron chi connectivity index (χ1n) is 5.25. The van der Waals surface area contributed by atoms with E-state index in [4.69, 9.17) is 0 Å². The zero-order valence-corrected chi connectivity index (χ0v) is 9.55. The Labute approximate surface area is 89.1 Å². The molecule has 3 heteroatoms. The quantitative estimate of drug-likeness (QED) is 0.775. The van der Waals surface area contributed by atoms with Gasteiger partial charge >= 0.3 is 0 Å². The summed E-state index contributed by atoms with van der Waals surface area (Å²) < 4.78 is 4.26. The third-order valence-corrected chi connectivity index (χ3v) is 4.12. The average Bonchev–Trinajstić information content (AvgIpc) is 2.65. The summed E-state index contributed by atoms with van der Waals surface area (Å²) in [5.74, 6) is 1.32. The Morgan fingerprint density at radius 3 is 2.86 bits per heavy atom. The van der Waals surface area contributed by atoms with Crippen LogP contribution in [0.5, 0.6) is 0 Å². The normalized spacial score (nSPS) is 38.5. The summed E-state index contributed by atoms with van der Waals surface area (Å²) in [5.41, 5.74) is 0.229. The Kier molecular flexibility index (Phi) is 2.62. The zero-order valence-electron chi connectivity index (χ0n) is 8.73. The molecule has 1 heterocycles. The molecule has 1 aliphatic rings. The number of aromatic nitrogens is 1. The fourth-order valence-corrected chi connectivity index (χ4v) is 2.87. The highest BCUT2D eigenvalue weighted by molar-refractivity contribution is 7.03. The summed E-state index contributed by atoms with van der Waals surface area (Å²) in [6.45, 7) is 4.49. The first-order valence-corrected chi connectivity index (χ1v) is 6.09. The van der Waals surface area contributed by atoms with Crippen molar-refractivity contribution in [2.24, 2.45) is 11.8 Å². The Bertz CT molecular complexity index is 298. The van der Waals surface area contributed by atoms with Crippen molar-refractivity contribution in [3.63, 3.8) is 0 Å². The first kappa shape index (κ1) is 10.1. The van der Waals surface area contributed by atoms with Crippen molar-refractivity contribution < 1.29 is 5.11 Å². The molecule has 1 saturated carbocycles. The van der Waals surface area contributed by atoms with Crippen molar-refractivity contribution in [2.75, 3.05) is 0 Å². The topological polar surface area (TPSA) is 33.1 Å². The summed E-state index contributed by atoms with van der Waals surface area (Å²) in [7, 11) is 0. The molecule has 14 heavy (non-hydrogen) atoms. The fourth-order valence-electron chi connectivity index (χ4n) is 2.27. The zero-order chi connectivity index (χ0) is 10.2. The van der Waals surface area contributed by atoms with E-state index < -0.39 is 5.60 Å². The molecule has 0 bridgehead atoms. The van der Waals surface area contributed by atoms with Crippen molar-refractivity contribution in [3.05, 3.63) is 17.1 Å². The van der Waals surface area contributed by atoms with E-state index in [0.29, 0.717) is 5.92 Å². The van der Waals surface area contributed by atoms with E-state index in [9.17, 15) is 5.11 Å². The van der Waals surface area contributed by atoms with Crippen LogP contribution >= 0.6 is 11.5 Å². The highest BCUT2D eigenvalue weighted by Gasteiger charge is 2.38. The Balaban J connectivity index is 2.18. The standard InChI is InChI=1S/C11H17NOS/c1-8-3-5-11(13,7-9(8)2)10-4-6-14-12-10/h4,6,8-9,13H,3,5,7H2,1-2H3. The van der Waals surface area contributed by atoms with Gasteiger partial charge in [-0.2, -0.15) is 4.37 Å². The van der Waals surface area contributed by atoms with Crippen LogP contribution in [-0.4, -0.2) is 9.48 Å². The van der Waals surface area contributed by atoms with Gasteiger partial charge in [-0.15, -0.1) is 0 Å². The summed E-state index contributed by atoms with van der Waals surface area (Å²) in [5, 5.41) is 12.4. The Hall–Kier alpha value is -0.410. The molecule has 0 aliphatic heterocycles. The lowest BCUT2D eigenvalue weighted by atomic mass is 9.72. The molecular weight excluding hydrogens is 194 g/mol. The van der Waals surface area contributed by atoms with Crippen molar-refractivity contribution in [1.29, 1.82) is 0 Å². The molecule has 1 N–H and O–H groups in total. The van der Waals surface area contributed by atoms with E-state index in [1.807, 2.05) is 11.4 Å². The van der Waals surface area contributed by atoms with Gasteiger partial charge in [-0.05, 0) is 48.7 Å². The summed E-state index contributed by atoms with van der Waals surface area (Å²) in [4.78, 5) is 0. The molecule has 3 unspecified atom stereocenters. The highest BCUT2D eigenvalue weighted by atomic mass is 32.1. The highest BCUT2D eigenvalue weighted by Crippen LogP contribution is 2.41. The lowest BCUT2D eigenvalue weighted by Gasteiger charge is -2.37. The van der Waals surface area contributed by atoms with Crippen molar-refractivity contribution in [3.8, 4) is 0 Å². The van der Waals surface area contributed by atoms with Crippen LogP contribution in [0.2, 0.25) is 0 Å². The molecule has 0 spiro atoms.